The van der Waals surface area contributed by atoms with Gasteiger partial charge in [-0.2, -0.15) is 0 Å². The van der Waals surface area contributed by atoms with Crippen molar-refractivity contribution >= 4 is 0 Å². The highest BCUT2D eigenvalue weighted by molar-refractivity contribution is 5.38. The van der Waals surface area contributed by atoms with Crippen LogP contribution in [0.25, 0.3) is 0 Å². The lowest BCUT2D eigenvalue weighted by molar-refractivity contribution is 0.199. The molecule has 2 nitrogen and oxygen atoms in total. The Balaban J connectivity index is 1.89. The Morgan fingerprint density at radius 2 is 2.18 bits per heavy atom. The van der Waals surface area contributed by atoms with E-state index in [2.05, 4.69) is 43.4 Å². The first-order valence-electron chi connectivity index (χ1n) is 6.44. The van der Waals surface area contributed by atoms with Crippen molar-refractivity contribution in [2.45, 2.75) is 25.7 Å². The molecule has 1 N–H and O–H groups in total. The van der Waals surface area contributed by atoms with Crippen molar-refractivity contribution < 1.29 is 4.74 Å². The molecular formula is C15H23NO. The van der Waals surface area contributed by atoms with Gasteiger partial charge < -0.3 is 10.1 Å². The van der Waals surface area contributed by atoms with Gasteiger partial charge in [0.15, 0.2) is 0 Å². The van der Waals surface area contributed by atoms with Gasteiger partial charge in [-0.3, -0.25) is 0 Å². The van der Waals surface area contributed by atoms with Gasteiger partial charge in [0.2, 0.25) is 0 Å². The summed E-state index contributed by atoms with van der Waals surface area (Å²) < 4.78 is 5.04. The van der Waals surface area contributed by atoms with Crippen molar-refractivity contribution in [3.63, 3.8) is 0 Å². The molecule has 0 aliphatic heterocycles. The molecular weight excluding hydrogens is 210 g/mol. The summed E-state index contributed by atoms with van der Waals surface area (Å²) in [5.74, 6) is 0.778. The molecule has 2 rings (SSSR count). The molecule has 1 saturated carbocycles. The van der Waals surface area contributed by atoms with E-state index in [0.29, 0.717) is 5.41 Å². The second kappa shape index (κ2) is 5.19. The van der Waals surface area contributed by atoms with Crippen LogP contribution in [0, 0.1) is 12.8 Å². The second-order valence-corrected chi connectivity index (χ2v) is 5.33. The molecule has 1 aromatic carbocycles. The Kier molecular flexibility index (Phi) is 3.85. The molecule has 0 amide bonds. The fraction of sp³-hybridized carbons (Fsp3) is 0.600. The summed E-state index contributed by atoms with van der Waals surface area (Å²) in [6, 6.07) is 8.77. The highest BCUT2D eigenvalue weighted by Gasteiger charge is 2.50. The summed E-state index contributed by atoms with van der Waals surface area (Å²) >= 11 is 0. The predicted octanol–water partition coefficient (Wildman–Crippen LogP) is 2.51. The summed E-state index contributed by atoms with van der Waals surface area (Å²) in [6.07, 6.45) is 1.30. The number of aryl methyl sites for hydroxylation is 1. The third-order valence-corrected chi connectivity index (χ3v) is 4.05. The van der Waals surface area contributed by atoms with Crippen LogP contribution in [0.4, 0.5) is 0 Å². The molecule has 17 heavy (non-hydrogen) atoms. The monoisotopic (exact) mass is 233 g/mol. The van der Waals surface area contributed by atoms with E-state index in [4.69, 9.17) is 4.74 Å². The number of hydrogen-bond donors (Lipinski definition) is 1. The molecule has 0 spiro atoms. The van der Waals surface area contributed by atoms with Crippen molar-refractivity contribution in [2.75, 3.05) is 26.8 Å². The molecule has 0 radical (unpaired) electrons. The van der Waals surface area contributed by atoms with Crippen LogP contribution in [0.2, 0.25) is 0 Å². The summed E-state index contributed by atoms with van der Waals surface area (Å²) in [7, 11) is 1.75. The summed E-state index contributed by atoms with van der Waals surface area (Å²) in [4.78, 5) is 0. The number of benzene rings is 1. The molecule has 94 valence electrons. The minimum absolute atomic E-state index is 0.394. The van der Waals surface area contributed by atoms with Gasteiger partial charge in [0.1, 0.15) is 0 Å². The highest BCUT2D eigenvalue weighted by Crippen LogP contribution is 2.54. The number of methoxy groups -OCH3 is 1. The lowest BCUT2D eigenvalue weighted by Crippen LogP contribution is -2.24. The third-order valence-electron chi connectivity index (χ3n) is 4.05. The molecule has 0 aromatic heterocycles. The van der Waals surface area contributed by atoms with Crippen molar-refractivity contribution in [2.24, 2.45) is 5.92 Å². The van der Waals surface area contributed by atoms with Gasteiger partial charge >= 0.3 is 0 Å². The predicted molar refractivity (Wildman–Crippen MR) is 71.4 cm³/mol. The van der Waals surface area contributed by atoms with Gasteiger partial charge in [0, 0.05) is 13.7 Å². The van der Waals surface area contributed by atoms with Crippen molar-refractivity contribution in [3.05, 3.63) is 35.4 Å². The number of ether oxygens (including phenoxy) is 1. The zero-order valence-electron chi connectivity index (χ0n) is 11.1. The second-order valence-electron chi connectivity index (χ2n) is 5.33. The molecule has 2 heteroatoms. The maximum Gasteiger partial charge on any atom is 0.0587 e. The topological polar surface area (TPSA) is 21.3 Å². The average molecular weight is 233 g/mol. The molecule has 2 atom stereocenters. The highest BCUT2D eigenvalue weighted by atomic mass is 16.5. The fourth-order valence-electron chi connectivity index (χ4n) is 2.74. The maximum atomic E-state index is 5.04. The first-order valence-corrected chi connectivity index (χ1v) is 6.44. The molecule has 2 unspecified atom stereocenters. The average Bonchev–Trinajstić information content (AvgIpc) is 2.98. The Morgan fingerprint density at radius 3 is 2.88 bits per heavy atom. The number of rotatable bonds is 6. The lowest BCUT2D eigenvalue weighted by Gasteiger charge is -2.15. The van der Waals surface area contributed by atoms with E-state index in [9.17, 15) is 0 Å². The minimum Gasteiger partial charge on any atom is -0.383 e. The smallest absolute Gasteiger partial charge is 0.0587 e. The van der Waals surface area contributed by atoms with E-state index < -0.39 is 0 Å². The molecule has 0 heterocycles. The fourth-order valence-corrected chi connectivity index (χ4v) is 2.74. The standard InChI is InChI=1S/C15H23NO/c1-12-6-4-5-7-14(12)15(2)10-13(15)11-16-8-9-17-3/h4-7,13,16H,8-11H2,1-3H3. The normalized spacial score (nSPS) is 27.1. The van der Waals surface area contributed by atoms with E-state index in [1.165, 1.54) is 17.5 Å². The van der Waals surface area contributed by atoms with E-state index in [1.807, 2.05) is 0 Å². The third kappa shape index (κ3) is 2.70. The Morgan fingerprint density at radius 1 is 1.41 bits per heavy atom. The van der Waals surface area contributed by atoms with Gasteiger partial charge in [0.05, 0.1) is 6.61 Å². The largest absolute Gasteiger partial charge is 0.383 e. The summed E-state index contributed by atoms with van der Waals surface area (Å²) in [5.41, 5.74) is 3.35. The van der Waals surface area contributed by atoms with Crippen molar-refractivity contribution in [3.8, 4) is 0 Å². The van der Waals surface area contributed by atoms with E-state index in [-0.39, 0.29) is 0 Å². The molecule has 1 fully saturated rings. The lowest BCUT2D eigenvalue weighted by atomic mass is 9.91. The van der Waals surface area contributed by atoms with Crippen LogP contribution in [-0.2, 0) is 10.2 Å². The number of nitrogens with one attached hydrogen (secondary N) is 1. The molecule has 0 bridgehead atoms. The van der Waals surface area contributed by atoms with Gasteiger partial charge in [0.25, 0.3) is 0 Å². The van der Waals surface area contributed by atoms with E-state index in [0.717, 1.165) is 25.6 Å². The zero-order chi connectivity index (χ0) is 12.3. The zero-order valence-corrected chi connectivity index (χ0v) is 11.1. The summed E-state index contributed by atoms with van der Waals surface area (Å²) in [6.45, 7) is 7.46. The van der Waals surface area contributed by atoms with Gasteiger partial charge in [-0.05, 0) is 42.3 Å². The van der Waals surface area contributed by atoms with Crippen molar-refractivity contribution in [1.82, 2.24) is 5.32 Å². The maximum absolute atomic E-state index is 5.04. The molecule has 1 aliphatic carbocycles. The van der Waals surface area contributed by atoms with Crippen LogP contribution in [0.15, 0.2) is 24.3 Å². The summed E-state index contributed by atoms with van der Waals surface area (Å²) in [5, 5.41) is 3.47. The van der Waals surface area contributed by atoms with E-state index >= 15 is 0 Å². The van der Waals surface area contributed by atoms with Crippen LogP contribution in [0.3, 0.4) is 0 Å². The molecule has 1 aliphatic rings. The molecule has 0 saturated heterocycles. The minimum atomic E-state index is 0.394. The van der Waals surface area contributed by atoms with Crippen LogP contribution in [0.5, 0.6) is 0 Å². The Bertz CT molecular complexity index is 377. The molecule has 1 aromatic rings. The quantitative estimate of drug-likeness (QED) is 0.762. The first-order chi connectivity index (χ1) is 8.18. The SMILES string of the molecule is COCCNCC1CC1(C)c1ccccc1C. The van der Waals surface area contributed by atoms with E-state index in [1.54, 1.807) is 7.11 Å². The Hall–Kier alpha value is -0.860. The van der Waals surface area contributed by atoms with Crippen LogP contribution >= 0.6 is 0 Å². The van der Waals surface area contributed by atoms with Crippen LogP contribution in [-0.4, -0.2) is 26.8 Å². The van der Waals surface area contributed by atoms with Crippen molar-refractivity contribution in [1.29, 1.82) is 0 Å². The van der Waals surface area contributed by atoms with Gasteiger partial charge in [-0.1, -0.05) is 31.2 Å². The van der Waals surface area contributed by atoms with Crippen LogP contribution in [0.1, 0.15) is 24.5 Å². The number of hydrogen-bond acceptors (Lipinski definition) is 2. The van der Waals surface area contributed by atoms with Gasteiger partial charge in [-0.25, -0.2) is 0 Å². The first kappa shape index (κ1) is 12.6. The van der Waals surface area contributed by atoms with Gasteiger partial charge in [-0.15, -0.1) is 0 Å². The Labute approximate surface area is 104 Å². The van der Waals surface area contributed by atoms with Crippen LogP contribution < -0.4 is 5.32 Å².